The van der Waals surface area contributed by atoms with Crippen LogP contribution in [0.4, 0.5) is 0 Å². The lowest BCUT2D eigenvalue weighted by Crippen LogP contribution is -2.08. The minimum Gasteiger partial charge on any atom is -0.243 e. The number of rotatable bonds is 2. The predicted molar refractivity (Wildman–Crippen MR) is 37.7 cm³/mol. The fourth-order valence-corrected chi connectivity index (χ4v) is 0.585. The average Bonchev–Trinajstić information content (AvgIpc) is 1.67. The molecule has 1 nitrogen and oxygen atoms in total. The van der Waals surface area contributed by atoms with Crippen LogP contribution in [0.2, 0.25) is 0 Å². The Kier molecular flexibility index (Phi) is 3.49. The highest BCUT2D eigenvalue weighted by molar-refractivity contribution is 5.76. The average molecular weight is 114 g/mol. The summed E-state index contributed by atoms with van der Waals surface area (Å²) in [6.45, 7) is 4.37. The van der Waals surface area contributed by atoms with Gasteiger partial charge in [-0.15, -0.1) is 0 Å². The van der Waals surface area contributed by atoms with E-state index in [9.17, 15) is 0 Å². The molecule has 0 aliphatic heterocycles. The molecule has 0 amide bonds. The predicted octanol–water partition coefficient (Wildman–Crippen LogP) is 1.52. The summed E-state index contributed by atoms with van der Waals surface area (Å²) in [4.78, 5) is 0. The molecule has 0 aromatic carbocycles. The van der Waals surface area contributed by atoms with Gasteiger partial charge in [0.25, 0.3) is 0 Å². The first-order valence-corrected chi connectivity index (χ1v) is 3.18. The highest BCUT2D eigenvalue weighted by Gasteiger charge is 1.94. The first kappa shape index (κ1) is 7.67. The van der Waals surface area contributed by atoms with Crippen molar-refractivity contribution in [1.29, 1.82) is 0 Å². The molecule has 0 bridgehead atoms. The molecule has 0 heterocycles. The maximum Gasteiger partial charge on any atom is 0.148 e. The molecular formula is C7H16N+. The van der Waals surface area contributed by atoms with E-state index in [-0.39, 0.29) is 0 Å². The van der Waals surface area contributed by atoms with E-state index >= 15 is 0 Å². The molecule has 0 fully saturated rings. The summed E-state index contributed by atoms with van der Waals surface area (Å²) in [5.41, 5.74) is 1.47. The molecule has 0 aromatic rings. The van der Waals surface area contributed by atoms with E-state index in [2.05, 4.69) is 32.5 Å². The first-order valence-electron chi connectivity index (χ1n) is 3.18. The van der Waals surface area contributed by atoms with Crippen molar-refractivity contribution in [2.75, 3.05) is 14.1 Å². The molecule has 0 radical (unpaired) electrons. The van der Waals surface area contributed by atoms with Gasteiger partial charge in [0.1, 0.15) is 19.8 Å². The van der Waals surface area contributed by atoms with Crippen LogP contribution in [0.25, 0.3) is 0 Å². The molecule has 0 saturated heterocycles. The minimum atomic E-state index is 1.23. The van der Waals surface area contributed by atoms with E-state index in [0.717, 1.165) is 0 Å². The van der Waals surface area contributed by atoms with E-state index in [1.165, 1.54) is 18.6 Å². The molecule has 0 saturated carbocycles. The Morgan fingerprint density at radius 3 is 2.00 bits per heavy atom. The summed E-state index contributed by atoms with van der Waals surface area (Å²) in [7, 11) is 4.18. The zero-order valence-corrected chi connectivity index (χ0v) is 6.36. The van der Waals surface area contributed by atoms with Gasteiger partial charge < -0.3 is 0 Å². The molecule has 0 aliphatic carbocycles. The van der Waals surface area contributed by atoms with Crippen LogP contribution in [0.15, 0.2) is 0 Å². The van der Waals surface area contributed by atoms with E-state index in [4.69, 9.17) is 0 Å². The second-order valence-electron chi connectivity index (χ2n) is 2.38. The molecule has 8 heavy (non-hydrogen) atoms. The summed E-state index contributed by atoms with van der Waals surface area (Å²) in [6, 6.07) is 0. The number of hydrogen-bond acceptors (Lipinski definition) is 0. The van der Waals surface area contributed by atoms with Crippen LogP contribution >= 0.6 is 0 Å². The van der Waals surface area contributed by atoms with E-state index in [0.29, 0.717) is 0 Å². The van der Waals surface area contributed by atoms with Gasteiger partial charge in [0.2, 0.25) is 0 Å². The Morgan fingerprint density at radius 2 is 1.88 bits per heavy atom. The van der Waals surface area contributed by atoms with Crippen molar-refractivity contribution in [2.45, 2.75) is 26.7 Å². The van der Waals surface area contributed by atoms with Gasteiger partial charge in [0.05, 0.1) is 0 Å². The van der Waals surface area contributed by atoms with Crippen molar-refractivity contribution >= 4 is 5.71 Å². The van der Waals surface area contributed by atoms with Crippen molar-refractivity contribution in [2.24, 2.45) is 0 Å². The van der Waals surface area contributed by atoms with Gasteiger partial charge >= 0.3 is 0 Å². The fraction of sp³-hybridized carbons (Fsp3) is 0.857. The van der Waals surface area contributed by atoms with Crippen LogP contribution in [0.3, 0.4) is 0 Å². The molecule has 1 heteroatoms. The second-order valence-corrected chi connectivity index (χ2v) is 2.38. The Bertz CT molecular complexity index is 88.6. The van der Waals surface area contributed by atoms with Gasteiger partial charge in [-0.25, -0.2) is 4.58 Å². The maximum absolute atomic E-state index is 2.20. The van der Waals surface area contributed by atoms with Crippen molar-refractivity contribution in [3.8, 4) is 0 Å². The molecule has 48 valence electrons. The Hall–Kier alpha value is -0.330. The van der Waals surface area contributed by atoms with E-state index < -0.39 is 0 Å². The van der Waals surface area contributed by atoms with Crippen LogP contribution in [-0.2, 0) is 0 Å². The van der Waals surface area contributed by atoms with Crippen molar-refractivity contribution < 1.29 is 4.58 Å². The van der Waals surface area contributed by atoms with Crippen LogP contribution in [0.1, 0.15) is 26.7 Å². The van der Waals surface area contributed by atoms with Crippen molar-refractivity contribution in [3.63, 3.8) is 0 Å². The number of nitrogens with zero attached hydrogens (tertiary/aromatic N) is 1. The second kappa shape index (κ2) is 3.65. The highest BCUT2D eigenvalue weighted by Crippen LogP contribution is 1.87. The van der Waals surface area contributed by atoms with E-state index in [1.807, 2.05) is 0 Å². The van der Waals surface area contributed by atoms with Crippen LogP contribution < -0.4 is 0 Å². The van der Waals surface area contributed by atoms with Gasteiger partial charge in [-0.2, -0.15) is 0 Å². The summed E-state index contributed by atoms with van der Waals surface area (Å²) in [5, 5.41) is 0. The molecule has 0 rings (SSSR count). The lowest BCUT2D eigenvalue weighted by Gasteiger charge is -1.92. The molecule has 0 aromatic heterocycles. The van der Waals surface area contributed by atoms with Crippen molar-refractivity contribution in [3.05, 3.63) is 0 Å². The molecule has 0 atom stereocenters. The topological polar surface area (TPSA) is 3.01 Å². The standard InChI is InChI=1S/C7H16N/c1-5-6-7(2)8(3)4/h5-6H2,1-4H3/q+1. The van der Waals surface area contributed by atoms with Crippen LogP contribution in [0, 0.1) is 0 Å². The van der Waals surface area contributed by atoms with Gasteiger partial charge in [-0.05, 0) is 6.42 Å². The smallest absolute Gasteiger partial charge is 0.148 e. The summed E-state index contributed by atoms with van der Waals surface area (Å²) < 4.78 is 2.17. The third-order valence-corrected chi connectivity index (χ3v) is 1.38. The summed E-state index contributed by atoms with van der Waals surface area (Å²) in [6.07, 6.45) is 2.48. The lowest BCUT2D eigenvalue weighted by molar-refractivity contribution is -0.466. The third kappa shape index (κ3) is 2.78. The van der Waals surface area contributed by atoms with Crippen molar-refractivity contribution in [1.82, 2.24) is 0 Å². The Labute approximate surface area is 52.0 Å². The minimum absolute atomic E-state index is 1.23. The molecule has 0 aliphatic rings. The fourth-order valence-electron chi connectivity index (χ4n) is 0.585. The lowest BCUT2D eigenvalue weighted by atomic mass is 10.2. The molecule has 0 unspecified atom stereocenters. The molecule has 0 spiro atoms. The zero-order valence-electron chi connectivity index (χ0n) is 6.36. The largest absolute Gasteiger partial charge is 0.243 e. The van der Waals surface area contributed by atoms with Gasteiger partial charge in [-0.3, -0.25) is 0 Å². The van der Waals surface area contributed by atoms with Gasteiger partial charge in [-0.1, -0.05) is 6.92 Å². The zero-order chi connectivity index (χ0) is 6.57. The van der Waals surface area contributed by atoms with Gasteiger partial charge in [0.15, 0.2) is 0 Å². The van der Waals surface area contributed by atoms with Crippen LogP contribution in [-0.4, -0.2) is 24.4 Å². The summed E-state index contributed by atoms with van der Waals surface area (Å²) >= 11 is 0. The Morgan fingerprint density at radius 1 is 1.38 bits per heavy atom. The third-order valence-electron chi connectivity index (χ3n) is 1.38. The van der Waals surface area contributed by atoms with E-state index in [1.54, 1.807) is 0 Å². The SMILES string of the molecule is CCCC(C)=[N+](C)C. The Balaban J connectivity index is 3.62. The van der Waals surface area contributed by atoms with Gasteiger partial charge in [0, 0.05) is 13.3 Å². The first-order chi connectivity index (χ1) is 3.68. The normalized spacial score (nSPS) is 9.00. The monoisotopic (exact) mass is 114 g/mol. The molecular weight excluding hydrogens is 98.1 g/mol. The number of hydrogen-bond donors (Lipinski definition) is 0. The highest BCUT2D eigenvalue weighted by atomic mass is 14.9. The summed E-state index contributed by atoms with van der Waals surface area (Å²) in [5.74, 6) is 0. The van der Waals surface area contributed by atoms with Crippen LogP contribution in [0.5, 0.6) is 0 Å². The molecule has 0 N–H and O–H groups in total. The quantitative estimate of drug-likeness (QED) is 0.378. The maximum atomic E-state index is 2.20.